The van der Waals surface area contributed by atoms with E-state index < -0.39 is 10.0 Å². The smallest absolute Gasteiger partial charge is 0.252 e. The van der Waals surface area contributed by atoms with Crippen molar-refractivity contribution in [2.24, 2.45) is 11.7 Å². The van der Waals surface area contributed by atoms with Crippen molar-refractivity contribution in [3.8, 4) is 0 Å². The number of rotatable bonds is 4. The minimum Gasteiger partial charge on any atom is -0.380 e. The predicted octanol–water partition coefficient (Wildman–Crippen LogP) is 1.25. The number of nitrogens with zero attached hydrogens (tertiary/aromatic N) is 1. The second-order valence-electron chi connectivity index (χ2n) is 4.83. The highest BCUT2D eigenvalue weighted by molar-refractivity contribution is 7.91. The molecule has 19 heavy (non-hydrogen) atoms. The van der Waals surface area contributed by atoms with Crippen molar-refractivity contribution in [2.45, 2.75) is 30.2 Å². The summed E-state index contributed by atoms with van der Waals surface area (Å²) in [6.07, 6.45) is 0.796. The van der Waals surface area contributed by atoms with Gasteiger partial charge in [-0.15, -0.1) is 11.3 Å². The summed E-state index contributed by atoms with van der Waals surface area (Å²) in [5.41, 5.74) is 5.53. The molecule has 0 aliphatic carbocycles. The van der Waals surface area contributed by atoms with Gasteiger partial charge in [0, 0.05) is 31.6 Å². The molecule has 1 aromatic rings. The van der Waals surface area contributed by atoms with Crippen LogP contribution in [-0.4, -0.2) is 39.0 Å². The van der Waals surface area contributed by atoms with E-state index in [2.05, 4.69) is 6.92 Å². The van der Waals surface area contributed by atoms with Crippen LogP contribution in [0.25, 0.3) is 0 Å². The Labute approximate surface area is 118 Å². The van der Waals surface area contributed by atoms with Gasteiger partial charge in [0.2, 0.25) is 0 Å². The molecule has 0 saturated carbocycles. The largest absolute Gasteiger partial charge is 0.380 e. The molecule has 2 atom stereocenters. The van der Waals surface area contributed by atoms with E-state index in [-0.39, 0.29) is 6.10 Å². The summed E-state index contributed by atoms with van der Waals surface area (Å²) < 4.78 is 32.3. The van der Waals surface area contributed by atoms with Crippen molar-refractivity contribution in [3.63, 3.8) is 0 Å². The standard InChI is InChI=1S/C12H20N2O3S2/c1-9-5-6-14(8-11(9)17-2)19(15,16)12-4-3-10(7-13)18-12/h3-4,9,11H,5-8,13H2,1-2H3. The van der Waals surface area contributed by atoms with Crippen LogP contribution < -0.4 is 5.73 Å². The van der Waals surface area contributed by atoms with Gasteiger partial charge >= 0.3 is 0 Å². The third-order valence-electron chi connectivity index (χ3n) is 3.59. The molecule has 0 radical (unpaired) electrons. The summed E-state index contributed by atoms with van der Waals surface area (Å²) in [5.74, 6) is 0.388. The topological polar surface area (TPSA) is 72.6 Å². The number of methoxy groups -OCH3 is 1. The van der Waals surface area contributed by atoms with Gasteiger partial charge in [0.25, 0.3) is 10.0 Å². The molecule has 2 N–H and O–H groups in total. The number of thiophene rings is 1. The van der Waals surface area contributed by atoms with Crippen molar-refractivity contribution < 1.29 is 13.2 Å². The number of piperidine rings is 1. The number of hydrogen-bond acceptors (Lipinski definition) is 5. The van der Waals surface area contributed by atoms with Crippen LogP contribution in [0.1, 0.15) is 18.2 Å². The highest BCUT2D eigenvalue weighted by Crippen LogP contribution is 2.29. The minimum atomic E-state index is -3.40. The van der Waals surface area contributed by atoms with Gasteiger partial charge in [0.15, 0.2) is 0 Å². The molecule has 0 aromatic carbocycles. The summed E-state index contributed by atoms with van der Waals surface area (Å²) in [6.45, 7) is 3.45. The van der Waals surface area contributed by atoms with Gasteiger partial charge in [-0.3, -0.25) is 0 Å². The monoisotopic (exact) mass is 304 g/mol. The lowest BCUT2D eigenvalue weighted by Gasteiger charge is -2.35. The Morgan fingerprint density at radius 2 is 2.26 bits per heavy atom. The number of nitrogens with two attached hydrogens (primary N) is 1. The van der Waals surface area contributed by atoms with E-state index in [1.165, 1.54) is 15.6 Å². The molecule has 2 rings (SSSR count). The van der Waals surface area contributed by atoms with Crippen molar-refractivity contribution in [1.29, 1.82) is 0 Å². The highest BCUT2D eigenvalue weighted by Gasteiger charge is 2.34. The summed E-state index contributed by atoms with van der Waals surface area (Å²) >= 11 is 1.25. The summed E-state index contributed by atoms with van der Waals surface area (Å²) in [6, 6.07) is 3.42. The Morgan fingerprint density at radius 1 is 1.53 bits per heavy atom. The fourth-order valence-electron chi connectivity index (χ4n) is 2.26. The normalized spacial score (nSPS) is 25.6. The maximum atomic E-state index is 12.5. The van der Waals surface area contributed by atoms with Crippen LogP contribution >= 0.6 is 11.3 Å². The molecule has 2 heterocycles. The van der Waals surface area contributed by atoms with Gasteiger partial charge in [-0.2, -0.15) is 4.31 Å². The molecule has 108 valence electrons. The van der Waals surface area contributed by atoms with E-state index in [0.29, 0.717) is 29.8 Å². The van der Waals surface area contributed by atoms with Crippen LogP contribution in [0.3, 0.4) is 0 Å². The van der Waals surface area contributed by atoms with Crippen LogP contribution in [-0.2, 0) is 21.3 Å². The number of ether oxygens (including phenoxy) is 1. The lowest BCUT2D eigenvalue weighted by molar-refractivity contribution is 0.0184. The van der Waals surface area contributed by atoms with Crippen LogP contribution in [0, 0.1) is 5.92 Å². The Morgan fingerprint density at radius 3 is 2.84 bits per heavy atom. The average Bonchev–Trinajstić information content (AvgIpc) is 2.88. The van der Waals surface area contributed by atoms with Crippen LogP contribution in [0.5, 0.6) is 0 Å². The molecule has 0 bridgehead atoms. The van der Waals surface area contributed by atoms with E-state index in [1.54, 1.807) is 19.2 Å². The zero-order chi connectivity index (χ0) is 14.0. The van der Waals surface area contributed by atoms with Gasteiger partial charge in [-0.1, -0.05) is 6.92 Å². The van der Waals surface area contributed by atoms with Crippen LogP contribution in [0.2, 0.25) is 0 Å². The maximum absolute atomic E-state index is 12.5. The Balaban J connectivity index is 2.20. The highest BCUT2D eigenvalue weighted by atomic mass is 32.2. The van der Waals surface area contributed by atoms with Crippen molar-refractivity contribution in [3.05, 3.63) is 17.0 Å². The Kier molecular flexibility index (Phi) is 4.62. The molecule has 1 aliphatic heterocycles. The second-order valence-corrected chi connectivity index (χ2v) is 8.16. The van der Waals surface area contributed by atoms with Gasteiger partial charge in [-0.25, -0.2) is 8.42 Å². The maximum Gasteiger partial charge on any atom is 0.252 e. The van der Waals surface area contributed by atoms with Crippen molar-refractivity contribution in [2.75, 3.05) is 20.2 Å². The molecule has 0 spiro atoms. The van der Waals surface area contributed by atoms with Gasteiger partial charge in [0.05, 0.1) is 6.10 Å². The van der Waals surface area contributed by atoms with Crippen LogP contribution in [0.15, 0.2) is 16.3 Å². The second kappa shape index (κ2) is 5.88. The molecule has 1 aliphatic rings. The average molecular weight is 304 g/mol. The van der Waals surface area contributed by atoms with Gasteiger partial charge in [0.1, 0.15) is 4.21 Å². The first-order valence-electron chi connectivity index (χ1n) is 6.30. The molecule has 5 nitrogen and oxygen atoms in total. The zero-order valence-electron chi connectivity index (χ0n) is 11.2. The lowest BCUT2D eigenvalue weighted by Crippen LogP contribution is -2.46. The first kappa shape index (κ1) is 14.9. The minimum absolute atomic E-state index is 0.0301. The molecule has 1 saturated heterocycles. The molecular formula is C12H20N2O3S2. The first-order chi connectivity index (χ1) is 8.98. The fraction of sp³-hybridized carbons (Fsp3) is 0.667. The SMILES string of the molecule is COC1CN(S(=O)(=O)c2ccc(CN)s2)CCC1C. The summed E-state index contributed by atoms with van der Waals surface area (Å²) in [5, 5.41) is 0. The summed E-state index contributed by atoms with van der Waals surface area (Å²) in [7, 11) is -1.77. The van der Waals surface area contributed by atoms with E-state index in [4.69, 9.17) is 10.5 Å². The molecule has 2 unspecified atom stereocenters. The Bertz CT molecular complexity index is 527. The van der Waals surface area contributed by atoms with Crippen LogP contribution in [0.4, 0.5) is 0 Å². The van der Waals surface area contributed by atoms with Gasteiger partial charge in [-0.05, 0) is 24.5 Å². The molecular weight excluding hydrogens is 284 g/mol. The van der Waals surface area contributed by atoms with E-state index >= 15 is 0 Å². The molecule has 0 amide bonds. The molecule has 7 heteroatoms. The third kappa shape index (κ3) is 3.00. The van der Waals surface area contributed by atoms with Crippen molar-refractivity contribution >= 4 is 21.4 Å². The van der Waals surface area contributed by atoms with E-state index in [0.717, 1.165) is 11.3 Å². The van der Waals surface area contributed by atoms with Crippen molar-refractivity contribution in [1.82, 2.24) is 4.31 Å². The predicted molar refractivity (Wildman–Crippen MR) is 75.5 cm³/mol. The zero-order valence-corrected chi connectivity index (χ0v) is 12.8. The number of sulfonamides is 1. The first-order valence-corrected chi connectivity index (χ1v) is 8.56. The Hall–Kier alpha value is -0.470. The molecule has 1 aromatic heterocycles. The quantitative estimate of drug-likeness (QED) is 0.908. The van der Waals surface area contributed by atoms with E-state index in [1.807, 2.05) is 0 Å². The van der Waals surface area contributed by atoms with E-state index in [9.17, 15) is 8.42 Å². The lowest BCUT2D eigenvalue weighted by atomic mass is 9.97. The summed E-state index contributed by atoms with van der Waals surface area (Å²) in [4.78, 5) is 0.882. The fourth-order valence-corrected chi connectivity index (χ4v) is 5.12. The molecule has 1 fully saturated rings. The third-order valence-corrected chi connectivity index (χ3v) is 7.03. The number of hydrogen-bond donors (Lipinski definition) is 1. The van der Waals surface area contributed by atoms with Gasteiger partial charge < -0.3 is 10.5 Å².